The van der Waals surface area contributed by atoms with Gasteiger partial charge < -0.3 is 14.2 Å². The Hall–Kier alpha value is -2.43. The van der Waals surface area contributed by atoms with Crippen LogP contribution in [0.25, 0.3) is 0 Å². The van der Waals surface area contributed by atoms with E-state index in [-0.39, 0.29) is 18.3 Å². The molecule has 0 saturated heterocycles. The average Bonchev–Trinajstić information content (AvgIpc) is 2.80. The second kappa shape index (κ2) is 10.6. The first kappa shape index (κ1) is 20.8. The van der Waals surface area contributed by atoms with Gasteiger partial charge in [0, 0.05) is 5.02 Å². The fourth-order valence-electron chi connectivity index (χ4n) is 3.42. The van der Waals surface area contributed by atoms with Crippen molar-refractivity contribution >= 4 is 11.6 Å². The lowest BCUT2D eigenvalue weighted by molar-refractivity contribution is -0.120. The molecule has 30 heavy (non-hydrogen) atoms. The minimum absolute atomic E-state index is 0.149. The second-order valence-electron chi connectivity index (χ2n) is 7.29. The summed E-state index contributed by atoms with van der Waals surface area (Å²) in [6.07, 6.45) is 3.60. The van der Waals surface area contributed by atoms with Crippen molar-refractivity contribution in [2.24, 2.45) is 0 Å². The summed E-state index contributed by atoms with van der Waals surface area (Å²) in [6, 6.07) is 28.0. The molecule has 1 heterocycles. The predicted molar refractivity (Wildman–Crippen MR) is 119 cm³/mol. The van der Waals surface area contributed by atoms with Gasteiger partial charge in [-0.05, 0) is 28.8 Å². The Labute approximate surface area is 182 Å². The molecule has 0 aliphatic carbocycles. The maximum absolute atomic E-state index is 6.37. The van der Waals surface area contributed by atoms with E-state index in [0.29, 0.717) is 24.8 Å². The maximum Gasteiger partial charge on any atom is 0.112 e. The first-order chi connectivity index (χ1) is 14.8. The highest BCUT2D eigenvalue weighted by Crippen LogP contribution is 2.29. The Morgan fingerprint density at radius 2 is 1.37 bits per heavy atom. The van der Waals surface area contributed by atoms with Crippen LogP contribution in [-0.4, -0.2) is 18.8 Å². The van der Waals surface area contributed by atoms with Gasteiger partial charge in [0.1, 0.15) is 18.3 Å². The summed E-state index contributed by atoms with van der Waals surface area (Å²) in [5.41, 5.74) is 3.33. The third-order valence-corrected chi connectivity index (χ3v) is 5.29. The summed E-state index contributed by atoms with van der Waals surface area (Å²) in [5, 5.41) is 0.713. The van der Waals surface area contributed by atoms with E-state index < -0.39 is 0 Å². The standard InChI is InChI=1S/C26H25ClO3/c27-23-13-11-22(12-14-23)24-15-16-25(29-18-21-9-5-2-6-10-21)26(30-24)19-28-17-20-7-3-1-4-8-20/h1-16,24-26H,17-19H2/t24-,25-,26+/m0/s1. The van der Waals surface area contributed by atoms with Crippen LogP contribution < -0.4 is 0 Å². The molecule has 3 atom stereocenters. The first-order valence-corrected chi connectivity index (χ1v) is 10.5. The minimum atomic E-state index is -0.205. The Morgan fingerprint density at radius 1 is 0.733 bits per heavy atom. The van der Waals surface area contributed by atoms with E-state index in [9.17, 15) is 0 Å². The van der Waals surface area contributed by atoms with Crippen molar-refractivity contribution in [2.45, 2.75) is 31.5 Å². The van der Waals surface area contributed by atoms with E-state index in [1.165, 1.54) is 0 Å². The highest BCUT2D eigenvalue weighted by Gasteiger charge is 2.29. The SMILES string of the molecule is Clc1ccc([C@@H]2C=C[C@H](OCc3ccccc3)[C@@H](COCc3ccccc3)O2)cc1. The molecule has 0 radical (unpaired) electrons. The molecule has 1 aliphatic heterocycles. The van der Waals surface area contributed by atoms with Crippen LogP contribution in [0.4, 0.5) is 0 Å². The lowest BCUT2D eigenvalue weighted by Crippen LogP contribution is -2.38. The fourth-order valence-corrected chi connectivity index (χ4v) is 3.54. The van der Waals surface area contributed by atoms with Crippen LogP contribution in [0.15, 0.2) is 97.1 Å². The second-order valence-corrected chi connectivity index (χ2v) is 7.73. The highest BCUT2D eigenvalue weighted by molar-refractivity contribution is 6.30. The zero-order chi connectivity index (χ0) is 20.6. The molecule has 4 heteroatoms. The smallest absolute Gasteiger partial charge is 0.112 e. The largest absolute Gasteiger partial charge is 0.374 e. The molecule has 0 fully saturated rings. The molecule has 0 aromatic heterocycles. The molecule has 3 aromatic carbocycles. The number of benzene rings is 3. The van der Waals surface area contributed by atoms with Crippen molar-refractivity contribution in [1.29, 1.82) is 0 Å². The molecule has 0 N–H and O–H groups in total. The fraction of sp³-hybridized carbons (Fsp3) is 0.231. The molecular formula is C26H25ClO3. The number of hydrogen-bond acceptors (Lipinski definition) is 3. The number of hydrogen-bond donors (Lipinski definition) is 0. The van der Waals surface area contributed by atoms with Crippen LogP contribution in [0.5, 0.6) is 0 Å². The van der Waals surface area contributed by atoms with Crippen LogP contribution >= 0.6 is 11.6 Å². The topological polar surface area (TPSA) is 27.7 Å². The third kappa shape index (κ3) is 5.80. The van der Waals surface area contributed by atoms with Crippen LogP contribution in [-0.2, 0) is 27.4 Å². The highest BCUT2D eigenvalue weighted by atomic mass is 35.5. The van der Waals surface area contributed by atoms with Crippen molar-refractivity contribution < 1.29 is 14.2 Å². The van der Waals surface area contributed by atoms with Gasteiger partial charge >= 0.3 is 0 Å². The Kier molecular flexibility index (Phi) is 7.33. The number of ether oxygens (including phenoxy) is 3. The van der Waals surface area contributed by atoms with Crippen molar-refractivity contribution in [2.75, 3.05) is 6.61 Å². The van der Waals surface area contributed by atoms with Gasteiger partial charge in [-0.1, -0.05) is 96.5 Å². The van der Waals surface area contributed by atoms with Crippen LogP contribution in [0.2, 0.25) is 5.02 Å². The molecular weight excluding hydrogens is 396 g/mol. The van der Waals surface area contributed by atoms with Crippen molar-refractivity contribution in [1.82, 2.24) is 0 Å². The molecule has 1 aliphatic rings. The number of rotatable bonds is 8. The van der Waals surface area contributed by atoms with Crippen molar-refractivity contribution in [3.63, 3.8) is 0 Å². The third-order valence-electron chi connectivity index (χ3n) is 5.04. The van der Waals surface area contributed by atoms with Crippen LogP contribution in [0.3, 0.4) is 0 Å². The summed E-state index contributed by atoms with van der Waals surface area (Å²) in [4.78, 5) is 0. The summed E-state index contributed by atoms with van der Waals surface area (Å²) >= 11 is 6.03. The summed E-state index contributed by atoms with van der Waals surface area (Å²) < 4.78 is 18.5. The zero-order valence-electron chi connectivity index (χ0n) is 16.7. The van der Waals surface area contributed by atoms with E-state index >= 15 is 0 Å². The van der Waals surface area contributed by atoms with E-state index in [1.807, 2.05) is 66.7 Å². The van der Waals surface area contributed by atoms with Gasteiger partial charge in [-0.15, -0.1) is 0 Å². The average molecular weight is 421 g/mol. The molecule has 3 aromatic rings. The number of halogens is 1. The van der Waals surface area contributed by atoms with E-state index in [2.05, 4.69) is 30.3 Å². The summed E-state index contributed by atoms with van der Waals surface area (Å²) in [6.45, 7) is 1.52. The van der Waals surface area contributed by atoms with Gasteiger partial charge in [0.25, 0.3) is 0 Å². The Bertz CT molecular complexity index is 926. The van der Waals surface area contributed by atoms with Crippen molar-refractivity contribution in [3.8, 4) is 0 Å². The molecule has 0 bridgehead atoms. The Balaban J connectivity index is 1.42. The lowest BCUT2D eigenvalue weighted by atomic mass is 10.0. The normalized spacial score (nSPS) is 20.9. The van der Waals surface area contributed by atoms with Gasteiger partial charge in [0.05, 0.1) is 19.8 Å². The van der Waals surface area contributed by atoms with Gasteiger partial charge in [-0.25, -0.2) is 0 Å². The van der Waals surface area contributed by atoms with Gasteiger partial charge in [-0.3, -0.25) is 0 Å². The summed E-state index contributed by atoms with van der Waals surface area (Å²) in [5.74, 6) is 0. The first-order valence-electron chi connectivity index (χ1n) is 10.1. The molecule has 0 spiro atoms. The van der Waals surface area contributed by atoms with Gasteiger partial charge in [0.15, 0.2) is 0 Å². The van der Waals surface area contributed by atoms with Crippen LogP contribution in [0.1, 0.15) is 22.8 Å². The minimum Gasteiger partial charge on any atom is -0.374 e. The molecule has 0 amide bonds. The quantitative estimate of drug-likeness (QED) is 0.410. The molecule has 0 saturated carbocycles. The van der Waals surface area contributed by atoms with Gasteiger partial charge in [0.2, 0.25) is 0 Å². The lowest BCUT2D eigenvalue weighted by Gasteiger charge is -2.32. The molecule has 4 rings (SSSR count). The van der Waals surface area contributed by atoms with E-state index in [4.69, 9.17) is 25.8 Å². The molecule has 154 valence electrons. The van der Waals surface area contributed by atoms with E-state index in [0.717, 1.165) is 16.7 Å². The van der Waals surface area contributed by atoms with Gasteiger partial charge in [-0.2, -0.15) is 0 Å². The molecule has 0 unspecified atom stereocenters. The zero-order valence-corrected chi connectivity index (χ0v) is 17.4. The maximum atomic E-state index is 6.37. The predicted octanol–water partition coefficient (Wildman–Crippen LogP) is 6.14. The monoisotopic (exact) mass is 420 g/mol. The van der Waals surface area contributed by atoms with Crippen molar-refractivity contribution in [3.05, 3.63) is 119 Å². The summed E-state index contributed by atoms with van der Waals surface area (Å²) in [7, 11) is 0. The molecule has 3 nitrogen and oxygen atoms in total. The van der Waals surface area contributed by atoms with Crippen LogP contribution in [0, 0.1) is 0 Å². The Morgan fingerprint density at radius 3 is 2.03 bits per heavy atom. The van der Waals surface area contributed by atoms with E-state index in [1.54, 1.807) is 0 Å².